The number of hydrogen-bond donors (Lipinski definition) is 1. The Hall–Kier alpha value is -2.67. The van der Waals surface area contributed by atoms with Crippen molar-refractivity contribution in [1.82, 2.24) is 10.2 Å². The lowest BCUT2D eigenvalue weighted by Gasteiger charge is -2.30. The highest BCUT2D eigenvalue weighted by molar-refractivity contribution is 5.84. The molecule has 2 saturated heterocycles. The van der Waals surface area contributed by atoms with Crippen LogP contribution in [0, 0.1) is 10.1 Å². The number of rotatable bonds is 3. The van der Waals surface area contributed by atoms with Crippen molar-refractivity contribution in [1.29, 1.82) is 0 Å². The number of amides is 1. The van der Waals surface area contributed by atoms with E-state index in [-0.39, 0.29) is 23.8 Å². The van der Waals surface area contributed by atoms with Crippen molar-refractivity contribution >= 4 is 11.6 Å². The molecule has 0 saturated carbocycles. The molecular formula is C17H17N3O4. The van der Waals surface area contributed by atoms with Crippen molar-refractivity contribution < 1.29 is 14.1 Å². The smallest absolute Gasteiger partial charge is 0.280 e. The fraction of sp³-hybridized carbons (Fsp3) is 0.353. The van der Waals surface area contributed by atoms with Crippen molar-refractivity contribution in [3.8, 4) is 11.3 Å². The van der Waals surface area contributed by atoms with Crippen LogP contribution in [0.3, 0.4) is 0 Å². The number of nitrogens with one attached hydrogen (secondary N) is 1. The standard InChI is InChI=1S/C17H17N3O4/c21-17-13-7-3-4-10-19(13)16(18-17)15-9-8-14(24-15)11-5-1-2-6-12(11)20(22)23/h1-2,5-6,8-9,13,16H,3-4,7,10H2,(H,18,21)/t13-,16+/m1/s1. The van der Waals surface area contributed by atoms with Crippen molar-refractivity contribution in [3.63, 3.8) is 0 Å². The molecule has 2 aliphatic rings. The van der Waals surface area contributed by atoms with Crippen molar-refractivity contribution in [2.45, 2.75) is 31.5 Å². The maximum atomic E-state index is 12.1. The number of nitro benzene ring substituents is 1. The van der Waals surface area contributed by atoms with Gasteiger partial charge < -0.3 is 9.73 Å². The number of fused-ring (bicyclic) bond motifs is 1. The van der Waals surface area contributed by atoms with Crippen LogP contribution in [0.25, 0.3) is 11.3 Å². The Kier molecular flexibility index (Phi) is 3.57. The van der Waals surface area contributed by atoms with E-state index in [1.54, 1.807) is 30.3 Å². The second-order valence-electron chi connectivity index (χ2n) is 6.14. The third-order valence-electron chi connectivity index (χ3n) is 4.72. The van der Waals surface area contributed by atoms with Crippen LogP contribution >= 0.6 is 0 Å². The molecule has 4 rings (SSSR count). The average Bonchev–Trinajstić information content (AvgIpc) is 3.20. The quantitative estimate of drug-likeness (QED) is 0.692. The Morgan fingerprint density at radius 2 is 2.04 bits per heavy atom. The van der Waals surface area contributed by atoms with E-state index >= 15 is 0 Å². The molecule has 0 bridgehead atoms. The Morgan fingerprint density at radius 3 is 2.88 bits per heavy atom. The van der Waals surface area contributed by atoms with E-state index < -0.39 is 4.92 Å². The molecule has 2 fully saturated rings. The topological polar surface area (TPSA) is 88.6 Å². The highest BCUT2D eigenvalue weighted by atomic mass is 16.6. The number of carbonyl (C=O) groups excluding carboxylic acids is 1. The molecule has 2 aliphatic heterocycles. The van der Waals surface area contributed by atoms with Crippen LogP contribution in [0.15, 0.2) is 40.8 Å². The van der Waals surface area contributed by atoms with Gasteiger partial charge in [0.1, 0.15) is 17.7 Å². The lowest BCUT2D eigenvalue weighted by atomic mass is 10.0. The number of nitro groups is 1. The van der Waals surface area contributed by atoms with Gasteiger partial charge in [0.25, 0.3) is 5.69 Å². The Bertz CT molecular complexity index is 801. The molecule has 24 heavy (non-hydrogen) atoms. The zero-order valence-electron chi connectivity index (χ0n) is 13.0. The summed E-state index contributed by atoms with van der Waals surface area (Å²) < 4.78 is 5.88. The summed E-state index contributed by atoms with van der Waals surface area (Å²) in [5.74, 6) is 1.08. The summed E-state index contributed by atoms with van der Waals surface area (Å²) in [7, 11) is 0. The maximum Gasteiger partial charge on any atom is 0.280 e. The first-order valence-electron chi connectivity index (χ1n) is 8.05. The molecule has 1 aromatic carbocycles. The van der Waals surface area contributed by atoms with Gasteiger partial charge in [0.05, 0.1) is 16.5 Å². The summed E-state index contributed by atoms with van der Waals surface area (Å²) >= 11 is 0. The van der Waals surface area contributed by atoms with Crippen LogP contribution in [0.4, 0.5) is 5.69 Å². The van der Waals surface area contributed by atoms with E-state index in [1.165, 1.54) is 6.07 Å². The van der Waals surface area contributed by atoms with Gasteiger partial charge in [-0.3, -0.25) is 19.8 Å². The predicted molar refractivity (Wildman–Crippen MR) is 86.0 cm³/mol. The van der Waals surface area contributed by atoms with Gasteiger partial charge in [-0.05, 0) is 31.0 Å². The molecule has 3 heterocycles. The predicted octanol–water partition coefficient (Wildman–Crippen LogP) is 2.84. The first kappa shape index (κ1) is 14.9. The van der Waals surface area contributed by atoms with Crippen LogP contribution in [0.1, 0.15) is 31.2 Å². The second kappa shape index (κ2) is 5.76. The van der Waals surface area contributed by atoms with Gasteiger partial charge in [-0.2, -0.15) is 0 Å². The zero-order chi connectivity index (χ0) is 16.7. The molecule has 7 heteroatoms. The molecule has 2 aromatic rings. The fourth-order valence-corrected chi connectivity index (χ4v) is 3.58. The normalized spacial score (nSPS) is 23.8. The van der Waals surface area contributed by atoms with Gasteiger partial charge in [0.15, 0.2) is 0 Å². The van der Waals surface area contributed by atoms with Gasteiger partial charge in [-0.25, -0.2) is 0 Å². The van der Waals surface area contributed by atoms with Gasteiger partial charge in [-0.15, -0.1) is 0 Å². The molecular weight excluding hydrogens is 310 g/mol. The lowest BCUT2D eigenvalue weighted by molar-refractivity contribution is -0.384. The molecule has 1 N–H and O–H groups in total. The monoisotopic (exact) mass is 327 g/mol. The van der Waals surface area contributed by atoms with Crippen molar-refractivity contribution in [2.75, 3.05) is 6.54 Å². The lowest BCUT2D eigenvalue weighted by Crippen LogP contribution is -2.38. The zero-order valence-corrected chi connectivity index (χ0v) is 13.0. The number of nitrogens with zero attached hydrogens (tertiary/aromatic N) is 2. The molecule has 1 amide bonds. The summed E-state index contributed by atoms with van der Waals surface area (Å²) in [6.07, 6.45) is 2.68. The maximum absolute atomic E-state index is 12.1. The van der Waals surface area contributed by atoms with Crippen molar-refractivity contribution in [2.24, 2.45) is 0 Å². The number of benzene rings is 1. The van der Waals surface area contributed by atoms with Crippen LogP contribution < -0.4 is 5.32 Å². The SMILES string of the molecule is O=C1N[C@H](c2ccc(-c3ccccc3[N+](=O)[O-])o2)N2CCCC[C@H]12. The minimum atomic E-state index is -0.421. The van der Waals surface area contributed by atoms with E-state index in [2.05, 4.69) is 10.2 Å². The molecule has 0 radical (unpaired) electrons. The van der Waals surface area contributed by atoms with Gasteiger partial charge in [0.2, 0.25) is 5.91 Å². The molecule has 7 nitrogen and oxygen atoms in total. The number of hydrogen-bond acceptors (Lipinski definition) is 5. The second-order valence-corrected chi connectivity index (χ2v) is 6.14. The fourth-order valence-electron chi connectivity index (χ4n) is 3.58. The third-order valence-corrected chi connectivity index (χ3v) is 4.72. The summed E-state index contributed by atoms with van der Waals surface area (Å²) in [5, 5.41) is 14.2. The van der Waals surface area contributed by atoms with E-state index in [4.69, 9.17) is 4.42 Å². The molecule has 1 aromatic heterocycles. The number of furan rings is 1. The van der Waals surface area contributed by atoms with E-state index in [0.29, 0.717) is 17.1 Å². The Balaban J connectivity index is 1.66. The molecule has 0 aliphatic carbocycles. The molecule has 124 valence electrons. The van der Waals surface area contributed by atoms with Crippen LogP contribution in [-0.2, 0) is 4.79 Å². The average molecular weight is 327 g/mol. The minimum Gasteiger partial charge on any atom is -0.457 e. The van der Waals surface area contributed by atoms with E-state index in [0.717, 1.165) is 25.8 Å². The van der Waals surface area contributed by atoms with Gasteiger partial charge >= 0.3 is 0 Å². The van der Waals surface area contributed by atoms with Crippen LogP contribution in [0.5, 0.6) is 0 Å². The first-order chi connectivity index (χ1) is 11.6. The molecule has 0 spiro atoms. The van der Waals surface area contributed by atoms with E-state index in [9.17, 15) is 14.9 Å². The highest BCUT2D eigenvalue weighted by Gasteiger charge is 2.42. The van der Waals surface area contributed by atoms with E-state index in [1.807, 2.05) is 0 Å². The van der Waals surface area contributed by atoms with Gasteiger partial charge in [-0.1, -0.05) is 18.6 Å². The summed E-state index contributed by atoms with van der Waals surface area (Å²) in [5.41, 5.74) is 0.443. The summed E-state index contributed by atoms with van der Waals surface area (Å²) in [6, 6.07) is 9.90. The molecule has 2 atom stereocenters. The summed E-state index contributed by atoms with van der Waals surface area (Å²) in [4.78, 5) is 25.0. The van der Waals surface area contributed by atoms with Crippen molar-refractivity contribution in [3.05, 3.63) is 52.3 Å². The Morgan fingerprint density at radius 1 is 1.21 bits per heavy atom. The first-order valence-corrected chi connectivity index (χ1v) is 8.05. The summed E-state index contributed by atoms with van der Waals surface area (Å²) in [6.45, 7) is 0.843. The molecule has 0 unspecified atom stereocenters. The van der Waals surface area contributed by atoms with Gasteiger partial charge in [0, 0.05) is 12.6 Å². The van der Waals surface area contributed by atoms with Crippen LogP contribution in [-0.4, -0.2) is 28.3 Å². The minimum absolute atomic E-state index is 0.00436. The highest BCUT2D eigenvalue weighted by Crippen LogP contribution is 2.36. The third kappa shape index (κ3) is 2.37. The number of para-hydroxylation sites is 1. The number of piperidine rings is 1. The Labute approximate surface area is 138 Å². The number of carbonyl (C=O) groups is 1. The largest absolute Gasteiger partial charge is 0.457 e. The van der Waals surface area contributed by atoms with Crippen LogP contribution in [0.2, 0.25) is 0 Å².